The fraction of sp³-hybridized carbons (Fsp3) is 0.558. The van der Waals surface area contributed by atoms with Gasteiger partial charge in [-0.25, -0.2) is 0 Å². The zero-order valence-electron chi connectivity index (χ0n) is 30.8. The molecule has 3 aromatic rings. The van der Waals surface area contributed by atoms with Gasteiger partial charge in [-0.1, -0.05) is 67.6 Å². The first kappa shape index (κ1) is 39.6. The quantitative estimate of drug-likeness (QED) is 0.121. The van der Waals surface area contributed by atoms with Crippen LogP contribution in [0.2, 0.25) is 0 Å². The van der Waals surface area contributed by atoms with Crippen molar-refractivity contribution < 1.29 is 54.1 Å². The predicted octanol–water partition coefficient (Wildman–Crippen LogP) is 11.3. The van der Waals surface area contributed by atoms with E-state index >= 15 is 26.3 Å². The molecule has 4 nitrogen and oxygen atoms in total. The van der Waals surface area contributed by atoms with Crippen LogP contribution in [0.1, 0.15) is 98.4 Å². The Labute approximate surface area is 315 Å². The van der Waals surface area contributed by atoms with Crippen LogP contribution in [-0.2, 0) is 33.9 Å². The number of aryl methyl sites for hydroxylation is 1. The molecule has 55 heavy (non-hydrogen) atoms. The van der Waals surface area contributed by atoms with E-state index in [1.165, 1.54) is 0 Å². The van der Waals surface area contributed by atoms with Crippen LogP contribution in [0.3, 0.4) is 0 Å². The van der Waals surface area contributed by atoms with Crippen LogP contribution in [0.25, 0.3) is 0 Å². The summed E-state index contributed by atoms with van der Waals surface area (Å²) in [5.74, 6) is -26.1. The normalized spacial score (nSPS) is 27.6. The van der Waals surface area contributed by atoms with Gasteiger partial charge in [0.1, 0.15) is 12.4 Å². The van der Waals surface area contributed by atoms with Crippen LogP contribution in [0.5, 0.6) is 5.75 Å². The molecule has 7 atom stereocenters. The standard InChI is InChI=1S/C43H46F8O4/c1-26(52)53-18-17-40(44,45)42(48,49)43(50,51)41(46,47)23-30-19-31-22-39(2)35(15-16-36(39)55-25-28-11-7-4-8-12-28)33-14-13-29-20-32(21-34(30)37(29)38(31)33)54-24-27-9-5-3-6-10-27/h3-12,20-21,30-31,33,35-36,38H,13-19,22-25H2,1-2H3/t30?,31-,33-,35-,36-,38-,39-/m0/s1. The molecule has 0 radical (unpaired) electrons. The Bertz CT molecular complexity index is 1840. The molecule has 2 fully saturated rings. The van der Waals surface area contributed by atoms with Crippen molar-refractivity contribution in [3.05, 3.63) is 101 Å². The lowest BCUT2D eigenvalue weighted by Crippen LogP contribution is -2.62. The van der Waals surface area contributed by atoms with Gasteiger partial charge in [0.25, 0.3) is 0 Å². The van der Waals surface area contributed by atoms with E-state index in [2.05, 4.69) is 11.7 Å². The molecule has 1 unspecified atom stereocenters. The SMILES string of the molecule is CC(=O)OCCC(F)(F)C(F)(F)C(F)(F)C(F)(F)CC1C[C@H]2C[C@]3(C)[C@@H](OCc4ccccc4)CC[C@H]3[C@@H]3CCc4cc(OCc5ccccc5)cc1c4[C@@H]23. The summed E-state index contributed by atoms with van der Waals surface area (Å²) < 4.78 is 139. The zero-order chi connectivity index (χ0) is 39.4. The fourth-order valence-corrected chi connectivity index (χ4v) is 10.5. The Balaban J connectivity index is 1.22. The van der Waals surface area contributed by atoms with Crippen LogP contribution in [0.15, 0.2) is 72.8 Å². The second-order valence-corrected chi connectivity index (χ2v) is 16.3. The summed E-state index contributed by atoms with van der Waals surface area (Å²) in [5, 5.41) is 0. The minimum atomic E-state index is -6.45. The third-order valence-corrected chi connectivity index (χ3v) is 13.0. The molecule has 0 bridgehead atoms. The van der Waals surface area contributed by atoms with E-state index in [4.69, 9.17) is 9.47 Å². The van der Waals surface area contributed by atoms with Crippen molar-refractivity contribution in [2.75, 3.05) is 6.61 Å². The van der Waals surface area contributed by atoms with Gasteiger partial charge in [0.05, 0.1) is 25.7 Å². The van der Waals surface area contributed by atoms with Crippen LogP contribution in [-0.4, -0.2) is 42.4 Å². The molecule has 3 aromatic carbocycles. The van der Waals surface area contributed by atoms with Crippen molar-refractivity contribution in [3.63, 3.8) is 0 Å². The number of alkyl halides is 8. The lowest BCUT2D eigenvalue weighted by molar-refractivity contribution is -0.369. The van der Waals surface area contributed by atoms with Crippen molar-refractivity contribution in [3.8, 4) is 5.75 Å². The minimum absolute atomic E-state index is 0.0104. The molecule has 0 saturated heterocycles. The maximum atomic E-state index is 16.0. The van der Waals surface area contributed by atoms with E-state index in [0.717, 1.165) is 48.4 Å². The molecule has 4 aliphatic rings. The van der Waals surface area contributed by atoms with E-state index in [0.29, 0.717) is 30.8 Å². The molecule has 0 aromatic heterocycles. The topological polar surface area (TPSA) is 44.8 Å². The molecular formula is C43H46F8O4. The summed E-state index contributed by atoms with van der Waals surface area (Å²) in [6.45, 7) is 2.18. The van der Waals surface area contributed by atoms with Gasteiger partial charge >= 0.3 is 29.7 Å². The van der Waals surface area contributed by atoms with Crippen LogP contribution < -0.4 is 4.74 Å². The molecule has 0 aliphatic heterocycles. The number of halogens is 8. The minimum Gasteiger partial charge on any atom is -0.489 e. The van der Waals surface area contributed by atoms with E-state index in [-0.39, 0.29) is 48.2 Å². The predicted molar refractivity (Wildman–Crippen MR) is 189 cm³/mol. The van der Waals surface area contributed by atoms with Crippen molar-refractivity contribution >= 4 is 5.97 Å². The van der Waals surface area contributed by atoms with Gasteiger partial charge in [0.15, 0.2) is 0 Å². The highest BCUT2D eigenvalue weighted by molar-refractivity contribution is 5.65. The molecule has 2 saturated carbocycles. The van der Waals surface area contributed by atoms with Crippen molar-refractivity contribution in [1.29, 1.82) is 0 Å². The van der Waals surface area contributed by atoms with Gasteiger partial charge in [-0.3, -0.25) is 4.79 Å². The van der Waals surface area contributed by atoms with Crippen molar-refractivity contribution in [1.82, 2.24) is 0 Å². The number of carbonyl (C=O) groups is 1. The molecule has 0 amide bonds. The number of hydrogen-bond acceptors (Lipinski definition) is 4. The zero-order valence-corrected chi connectivity index (χ0v) is 30.8. The van der Waals surface area contributed by atoms with Gasteiger partial charge in [-0.15, -0.1) is 0 Å². The van der Waals surface area contributed by atoms with Crippen molar-refractivity contribution in [2.45, 2.75) is 120 Å². The van der Waals surface area contributed by atoms with E-state index < -0.39 is 55.0 Å². The Morgan fingerprint density at radius 3 is 2.11 bits per heavy atom. The maximum absolute atomic E-state index is 16.0. The summed E-state index contributed by atoms with van der Waals surface area (Å²) in [5.41, 5.74) is 3.49. The second kappa shape index (κ2) is 14.7. The van der Waals surface area contributed by atoms with Gasteiger partial charge in [0, 0.05) is 13.3 Å². The number of hydrogen-bond donors (Lipinski definition) is 0. The molecule has 7 rings (SSSR count). The summed E-state index contributed by atoms with van der Waals surface area (Å²) in [6.07, 6.45) is -0.260. The van der Waals surface area contributed by atoms with E-state index in [1.54, 1.807) is 6.07 Å². The Hall–Kier alpha value is -3.67. The maximum Gasteiger partial charge on any atom is 0.378 e. The first-order valence-corrected chi connectivity index (χ1v) is 19.1. The van der Waals surface area contributed by atoms with Gasteiger partial charge in [0.2, 0.25) is 0 Å². The highest BCUT2D eigenvalue weighted by atomic mass is 19.4. The van der Waals surface area contributed by atoms with Gasteiger partial charge < -0.3 is 14.2 Å². The number of benzene rings is 3. The highest BCUT2D eigenvalue weighted by Gasteiger charge is 2.80. The average molecular weight is 779 g/mol. The Morgan fingerprint density at radius 1 is 0.818 bits per heavy atom. The monoisotopic (exact) mass is 778 g/mol. The summed E-state index contributed by atoms with van der Waals surface area (Å²) in [4.78, 5) is 11.0. The number of fused-ring (bicyclic) bond motifs is 2. The van der Waals surface area contributed by atoms with Crippen LogP contribution in [0, 0.1) is 23.2 Å². The molecule has 298 valence electrons. The first-order valence-electron chi connectivity index (χ1n) is 19.1. The third kappa shape index (κ3) is 7.14. The average Bonchev–Trinajstić information content (AvgIpc) is 3.47. The van der Waals surface area contributed by atoms with Crippen molar-refractivity contribution in [2.24, 2.45) is 23.2 Å². The lowest BCUT2D eigenvalue weighted by atomic mass is 9.48. The summed E-state index contributed by atoms with van der Waals surface area (Å²) in [7, 11) is 0. The number of carbonyl (C=O) groups excluding carboxylic acids is 1. The lowest BCUT2D eigenvalue weighted by Gasteiger charge is -2.57. The summed E-state index contributed by atoms with van der Waals surface area (Å²) >= 11 is 0. The molecule has 0 N–H and O–H groups in total. The Morgan fingerprint density at radius 2 is 1.45 bits per heavy atom. The molecule has 0 spiro atoms. The van der Waals surface area contributed by atoms with Crippen LogP contribution >= 0.6 is 0 Å². The van der Waals surface area contributed by atoms with E-state index in [9.17, 15) is 13.6 Å². The van der Waals surface area contributed by atoms with E-state index in [1.807, 2.05) is 66.7 Å². The molecule has 12 heteroatoms. The summed E-state index contributed by atoms with van der Waals surface area (Å²) in [6, 6.07) is 22.4. The van der Waals surface area contributed by atoms with Gasteiger partial charge in [-0.2, -0.15) is 35.1 Å². The number of rotatable bonds is 14. The molecule has 0 heterocycles. The number of ether oxygens (including phenoxy) is 3. The molecular weight excluding hydrogens is 732 g/mol. The second-order valence-electron chi connectivity index (χ2n) is 16.3. The highest BCUT2D eigenvalue weighted by Crippen LogP contribution is 2.68. The Kier molecular flexibility index (Phi) is 10.6. The fourth-order valence-electron chi connectivity index (χ4n) is 10.5. The first-order chi connectivity index (χ1) is 25.9. The van der Waals surface area contributed by atoms with Gasteiger partial charge in [-0.05, 0) is 113 Å². The molecule has 4 aliphatic carbocycles. The third-order valence-electron chi connectivity index (χ3n) is 13.0. The number of esters is 1. The van der Waals surface area contributed by atoms with Crippen LogP contribution in [0.4, 0.5) is 35.1 Å². The smallest absolute Gasteiger partial charge is 0.378 e. The largest absolute Gasteiger partial charge is 0.489 e.